The Morgan fingerprint density at radius 3 is 2.52 bits per heavy atom. The minimum absolute atomic E-state index is 0.111. The summed E-state index contributed by atoms with van der Waals surface area (Å²) in [6.45, 7) is 7.85. The van der Waals surface area contributed by atoms with Crippen molar-refractivity contribution in [1.82, 2.24) is 24.9 Å². The van der Waals surface area contributed by atoms with E-state index in [1.807, 2.05) is 33.9 Å². The minimum atomic E-state index is -0.416. The van der Waals surface area contributed by atoms with Crippen molar-refractivity contribution in [1.29, 1.82) is 0 Å². The maximum absolute atomic E-state index is 12.2. The van der Waals surface area contributed by atoms with Gasteiger partial charge in [-0.05, 0) is 33.8 Å². The van der Waals surface area contributed by atoms with E-state index in [4.69, 9.17) is 11.6 Å². The molecule has 114 valence electrons. The molecular formula is C14H20ClN5O. The summed E-state index contributed by atoms with van der Waals surface area (Å²) >= 11 is 6.11. The fraction of sp³-hybridized carbons (Fsp3) is 0.500. The van der Waals surface area contributed by atoms with Gasteiger partial charge in [0.1, 0.15) is 6.04 Å². The average Bonchev–Trinajstić information content (AvgIpc) is 2.90. The number of hydrogen-bond acceptors (Lipinski definition) is 3. The second-order valence-electron chi connectivity index (χ2n) is 5.22. The first-order chi connectivity index (χ1) is 9.81. The van der Waals surface area contributed by atoms with Crippen LogP contribution in [0.3, 0.4) is 0 Å². The highest BCUT2D eigenvalue weighted by Gasteiger charge is 2.20. The van der Waals surface area contributed by atoms with Crippen molar-refractivity contribution in [3.63, 3.8) is 0 Å². The van der Waals surface area contributed by atoms with Gasteiger partial charge in [0, 0.05) is 12.7 Å². The van der Waals surface area contributed by atoms with Crippen LogP contribution in [0, 0.1) is 20.8 Å². The van der Waals surface area contributed by atoms with E-state index in [-0.39, 0.29) is 5.91 Å². The molecule has 2 aromatic heterocycles. The van der Waals surface area contributed by atoms with Crippen LogP contribution in [0.1, 0.15) is 35.7 Å². The zero-order valence-corrected chi connectivity index (χ0v) is 13.7. The quantitative estimate of drug-likeness (QED) is 0.940. The smallest absolute Gasteiger partial charge is 0.244 e. The normalized spacial score (nSPS) is 12.5. The van der Waals surface area contributed by atoms with E-state index in [1.165, 1.54) is 0 Å². The molecule has 2 aromatic rings. The Hall–Kier alpha value is -1.82. The molecule has 6 nitrogen and oxygen atoms in total. The molecule has 1 unspecified atom stereocenters. The van der Waals surface area contributed by atoms with Gasteiger partial charge in [0.25, 0.3) is 0 Å². The first-order valence-electron chi connectivity index (χ1n) is 6.79. The van der Waals surface area contributed by atoms with Crippen molar-refractivity contribution in [2.45, 2.75) is 40.3 Å². The lowest BCUT2D eigenvalue weighted by Crippen LogP contribution is -2.31. The molecule has 1 atom stereocenters. The number of nitrogens with zero attached hydrogens (tertiary/aromatic N) is 4. The highest BCUT2D eigenvalue weighted by atomic mass is 35.5. The Morgan fingerprint density at radius 1 is 1.38 bits per heavy atom. The Balaban J connectivity index is 2.04. The van der Waals surface area contributed by atoms with Crippen molar-refractivity contribution in [3.8, 4) is 0 Å². The third-order valence-corrected chi connectivity index (χ3v) is 4.14. The SMILES string of the molecule is Cc1nn(C(C)C(=O)NCc2cc(C)n(C)n2)c(C)c1Cl. The summed E-state index contributed by atoms with van der Waals surface area (Å²) in [6, 6.07) is 1.53. The number of aromatic nitrogens is 4. The van der Waals surface area contributed by atoms with E-state index in [0.717, 1.165) is 22.8 Å². The number of nitrogens with one attached hydrogen (secondary N) is 1. The molecule has 0 radical (unpaired) electrons. The standard InChI is InChI=1S/C14H20ClN5O/c1-8-6-12(18-19(8)5)7-16-14(21)11(4)20-10(3)13(15)9(2)17-20/h6,11H,7H2,1-5H3,(H,16,21). The Labute approximate surface area is 129 Å². The van der Waals surface area contributed by atoms with E-state index in [1.54, 1.807) is 16.3 Å². The number of halogens is 1. The lowest BCUT2D eigenvalue weighted by Gasteiger charge is -2.14. The van der Waals surface area contributed by atoms with Gasteiger partial charge in [0.05, 0.1) is 28.6 Å². The maximum atomic E-state index is 12.2. The molecule has 2 rings (SSSR count). The first-order valence-corrected chi connectivity index (χ1v) is 7.17. The van der Waals surface area contributed by atoms with Crippen LogP contribution in [0.15, 0.2) is 6.07 Å². The lowest BCUT2D eigenvalue weighted by atomic mass is 10.3. The van der Waals surface area contributed by atoms with E-state index >= 15 is 0 Å². The molecule has 1 amide bonds. The van der Waals surface area contributed by atoms with Gasteiger partial charge in [0.15, 0.2) is 0 Å². The molecule has 2 heterocycles. The zero-order chi connectivity index (χ0) is 15.7. The van der Waals surface area contributed by atoms with Crippen molar-refractivity contribution in [2.24, 2.45) is 7.05 Å². The largest absolute Gasteiger partial charge is 0.349 e. The molecule has 0 aliphatic heterocycles. The van der Waals surface area contributed by atoms with Crippen LogP contribution < -0.4 is 5.32 Å². The van der Waals surface area contributed by atoms with Crippen LogP contribution in [0.2, 0.25) is 5.02 Å². The van der Waals surface area contributed by atoms with Gasteiger partial charge in [-0.1, -0.05) is 11.6 Å². The van der Waals surface area contributed by atoms with Crippen LogP contribution in [0.25, 0.3) is 0 Å². The molecule has 0 aromatic carbocycles. The Bertz CT molecular complexity index is 654. The summed E-state index contributed by atoms with van der Waals surface area (Å²) in [6.07, 6.45) is 0. The number of amides is 1. The van der Waals surface area contributed by atoms with Gasteiger partial charge in [-0.2, -0.15) is 10.2 Å². The summed E-state index contributed by atoms with van der Waals surface area (Å²) in [4.78, 5) is 12.2. The third kappa shape index (κ3) is 3.10. The fourth-order valence-corrected chi connectivity index (χ4v) is 2.30. The van der Waals surface area contributed by atoms with E-state index < -0.39 is 6.04 Å². The Morgan fingerprint density at radius 2 is 2.05 bits per heavy atom. The highest BCUT2D eigenvalue weighted by Crippen LogP contribution is 2.22. The number of carbonyl (C=O) groups excluding carboxylic acids is 1. The van der Waals surface area contributed by atoms with Gasteiger partial charge < -0.3 is 5.32 Å². The van der Waals surface area contributed by atoms with Crippen LogP contribution in [-0.2, 0) is 18.4 Å². The molecular weight excluding hydrogens is 290 g/mol. The molecule has 0 spiro atoms. The topological polar surface area (TPSA) is 64.7 Å². The molecule has 0 bridgehead atoms. The summed E-state index contributed by atoms with van der Waals surface area (Å²) in [5.41, 5.74) is 3.42. The molecule has 21 heavy (non-hydrogen) atoms. The van der Waals surface area contributed by atoms with Crippen LogP contribution in [-0.4, -0.2) is 25.5 Å². The van der Waals surface area contributed by atoms with Crippen LogP contribution in [0.4, 0.5) is 0 Å². The van der Waals surface area contributed by atoms with Gasteiger partial charge in [-0.25, -0.2) is 0 Å². The number of hydrogen-bond donors (Lipinski definition) is 1. The van der Waals surface area contributed by atoms with Gasteiger partial charge in [0.2, 0.25) is 5.91 Å². The van der Waals surface area contributed by atoms with E-state index in [2.05, 4.69) is 15.5 Å². The predicted molar refractivity (Wildman–Crippen MR) is 81.2 cm³/mol. The molecule has 7 heteroatoms. The summed E-state index contributed by atoms with van der Waals surface area (Å²) < 4.78 is 3.43. The number of rotatable bonds is 4. The van der Waals surface area contributed by atoms with Gasteiger partial charge in [-0.3, -0.25) is 14.2 Å². The van der Waals surface area contributed by atoms with Crippen molar-refractivity contribution in [2.75, 3.05) is 0 Å². The fourth-order valence-electron chi connectivity index (χ4n) is 2.18. The second kappa shape index (κ2) is 5.89. The number of aryl methyl sites for hydroxylation is 3. The molecule has 1 N–H and O–H groups in total. The monoisotopic (exact) mass is 309 g/mol. The first kappa shape index (κ1) is 15.6. The van der Waals surface area contributed by atoms with E-state index in [0.29, 0.717) is 11.6 Å². The minimum Gasteiger partial charge on any atom is -0.349 e. The molecule has 0 aliphatic rings. The van der Waals surface area contributed by atoms with Crippen molar-refractivity contribution >= 4 is 17.5 Å². The van der Waals surface area contributed by atoms with Crippen LogP contribution >= 0.6 is 11.6 Å². The summed E-state index contributed by atoms with van der Waals surface area (Å²) in [5, 5.41) is 12.1. The summed E-state index contributed by atoms with van der Waals surface area (Å²) in [5.74, 6) is -0.111. The predicted octanol–water partition coefficient (Wildman–Crippen LogP) is 2.07. The van der Waals surface area contributed by atoms with Gasteiger partial charge in [-0.15, -0.1) is 0 Å². The van der Waals surface area contributed by atoms with Crippen molar-refractivity contribution < 1.29 is 4.79 Å². The average molecular weight is 310 g/mol. The van der Waals surface area contributed by atoms with Crippen LogP contribution in [0.5, 0.6) is 0 Å². The third-order valence-electron chi connectivity index (χ3n) is 3.59. The Kier molecular flexibility index (Phi) is 4.37. The van der Waals surface area contributed by atoms with Crippen molar-refractivity contribution in [3.05, 3.63) is 33.9 Å². The maximum Gasteiger partial charge on any atom is 0.244 e. The second-order valence-corrected chi connectivity index (χ2v) is 5.60. The molecule has 0 saturated carbocycles. The summed E-state index contributed by atoms with van der Waals surface area (Å²) in [7, 11) is 1.88. The number of carbonyl (C=O) groups is 1. The van der Waals surface area contributed by atoms with E-state index in [9.17, 15) is 4.79 Å². The molecule has 0 fully saturated rings. The molecule has 0 saturated heterocycles. The van der Waals surface area contributed by atoms with Gasteiger partial charge >= 0.3 is 0 Å². The lowest BCUT2D eigenvalue weighted by molar-refractivity contribution is -0.124. The highest BCUT2D eigenvalue weighted by molar-refractivity contribution is 6.31. The molecule has 0 aliphatic carbocycles. The zero-order valence-electron chi connectivity index (χ0n) is 12.9.